The van der Waals surface area contributed by atoms with Crippen LogP contribution in [-0.2, 0) is 4.74 Å². The van der Waals surface area contributed by atoms with E-state index in [2.05, 4.69) is 10.4 Å². The average Bonchev–Trinajstić information content (AvgIpc) is 3.01. The lowest BCUT2D eigenvalue weighted by molar-refractivity contribution is 0.0472. The van der Waals surface area contributed by atoms with Gasteiger partial charge in [0.1, 0.15) is 5.69 Å². The Morgan fingerprint density at radius 3 is 3.00 bits per heavy atom. The number of hydrogen-bond acceptors (Lipinski definition) is 4. The van der Waals surface area contributed by atoms with Crippen molar-refractivity contribution in [2.75, 3.05) is 39.9 Å². The lowest BCUT2D eigenvalue weighted by atomic mass is 10.1. The van der Waals surface area contributed by atoms with Crippen LogP contribution in [0, 0.1) is 0 Å². The van der Waals surface area contributed by atoms with Gasteiger partial charge in [-0.2, -0.15) is 5.10 Å². The van der Waals surface area contributed by atoms with Crippen LogP contribution in [0.4, 0.5) is 8.78 Å². The standard InChI is InChI=1S/C14H22F2N4O2.ClH/c1-22-8-7-19(10-13(15)16)14(21)12-4-6-20(18-12)11-3-2-5-17-9-11;/h4,6,11,13,17H,2-3,5,7-10H2,1H3;1H. The van der Waals surface area contributed by atoms with Crippen molar-refractivity contribution in [1.29, 1.82) is 0 Å². The van der Waals surface area contributed by atoms with Crippen LogP contribution in [-0.4, -0.2) is 66.9 Å². The minimum atomic E-state index is -2.58. The molecule has 9 heteroatoms. The van der Waals surface area contributed by atoms with Crippen LogP contribution >= 0.6 is 12.4 Å². The summed E-state index contributed by atoms with van der Waals surface area (Å²) in [5.74, 6) is -0.486. The van der Waals surface area contributed by atoms with E-state index >= 15 is 0 Å². The molecule has 1 aliphatic rings. The number of hydrogen-bond donors (Lipinski definition) is 1. The summed E-state index contributed by atoms with van der Waals surface area (Å²) in [6.07, 6.45) is 1.21. The molecule has 0 radical (unpaired) electrons. The smallest absolute Gasteiger partial charge is 0.274 e. The minimum Gasteiger partial charge on any atom is -0.383 e. The number of nitrogens with one attached hydrogen (secondary N) is 1. The van der Waals surface area contributed by atoms with Crippen molar-refractivity contribution >= 4 is 18.3 Å². The van der Waals surface area contributed by atoms with E-state index in [4.69, 9.17) is 4.74 Å². The summed E-state index contributed by atoms with van der Waals surface area (Å²) >= 11 is 0. The molecule has 1 saturated heterocycles. The third-order valence-corrected chi connectivity index (χ3v) is 3.68. The Morgan fingerprint density at radius 2 is 2.39 bits per heavy atom. The Morgan fingerprint density at radius 1 is 1.61 bits per heavy atom. The Labute approximate surface area is 140 Å². The first-order valence-corrected chi connectivity index (χ1v) is 7.44. The quantitative estimate of drug-likeness (QED) is 0.809. The first kappa shape index (κ1) is 19.8. The van der Waals surface area contributed by atoms with Crippen molar-refractivity contribution in [3.63, 3.8) is 0 Å². The molecule has 1 aromatic rings. The van der Waals surface area contributed by atoms with Gasteiger partial charge in [0.15, 0.2) is 0 Å². The predicted molar refractivity (Wildman–Crippen MR) is 84.4 cm³/mol. The van der Waals surface area contributed by atoms with E-state index in [9.17, 15) is 13.6 Å². The molecule has 0 bridgehead atoms. The molecule has 6 nitrogen and oxygen atoms in total. The summed E-state index contributed by atoms with van der Waals surface area (Å²) in [5.41, 5.74) is 0.197. The molecule has 1 fully saturated rings. The highest BCUT2D eigenvalue weighted by Crippen LogP contribution is 2.16. The van der Waals surface area contributed by atoms with Crippen LogP contribution in [0.1, 0.15) is 29.4 Å². The van der Waals surface area contributed by atoms with Gasteiger partial charge in [-0.15, -0.1) is 12.4 Å². The molecule has 0 aromatic carbocycles. The van der Waals surface area contributed by atoms with Gasteiger partial charge in [-0.25, -0.2) is 8.78 Å². The molecule has 0 aliphatic carbocycles. The molecule has 1 amide bonds. The second-order valence-corrected chi connectivity index (χ2v) is 5.32. The van der Waals surface area contributed by atoms with E-state index in [0.717, 1.165) is 30.8 Å². The van der Waals surface area contributed by atoms with Crippen molar-refractivity contribution in [3.05, 3.63) is 18.0 Å². The molecule has 132 valence electrons. The normalized spacial score (nSPS) is 17.8. The first-order chi connectivity index (χ1) is 10.6. The molecule has 0 spiro atoms. The summed E-state index contributed by atoms with van der Waals surface area (Å²) in [5, 5.41) is 7.55. The molecule has 1 aromatic heterocycles. The zero-order chi connectivity index (χ0) is 15.9. The number of nitrogens with zero attached hydrogens (tertiary/aromatic N) is 3. The van der Waals surface area contributed by atoms with Crippen LogP contribution in [0.5, 0.6) is 0 Å². The van der Waals surface area contributed by atoms with E-state index in [1.165, 1.54) is 7.11 Å². The van der Waals surface area contributed by atoms with E-state index in [0.29, 0.717) is 0 Å². The lowest BCUT2D eigenvalue weighted by Crippen LogP contribution is -2.38. The topological polar surface area (TPSA) is 59.4 Å². The van der Waals surface area contributed by atoms with Gasteiger partial charge < -0.3 is 15.0 Å². The molecule has 23 heavy (non-hydrogen) atoms. The first-order valence-electron chi connectivity index (χ1n) is 7.44. The second kappa shape index (κ2) is 9.79. The van der Waals surface area contributed by atoms with Crippen LogP contribution in [0.3, 0.4) is 0 Å². The van der Waals surface area contributed by atoms with Crippen LogP contribution < -0.4 is 5.32 Å². The number of methoxy groups -OCH3 is 1. The fourth-order valence-corrected chi connectivity index (χ4v) is 2.52. The average molecular weight is 353 g/mol. The Balaban J connectivity index is 0.00000264. The van der Waals surface area contributed by atoms with Crippen molar-refractivity contribution in [3.8, 4) is 0 Å². The van der Waals surface area contributed by atoms with E-state index in [1.807, 2.05) is 0 Å². The molecular formula is C14H23ClF2N4O2. The molecule has 1 atom stereocenters. The van der Waals surface area contributed by atoms with Gasteiger partial charge in [0.05, 0.1) is 19.2 Å². The monoisotopic (exact) mass is 352 g/mol. The fraction of sp³-hybridized carbons (Fsp3) is 0.714. The SMILES string of the molecule is COCCN(CC(F)F)C(=O)c1ccn(C2CCCNC2)n1.Cl. The molecule has 1 aliphatic heterocycles. The molecular weight excluding hydrogens is 330 g/mol. The molecule has 1 unspecified atom stereocenters. The molecule has 1 N–H and O–H groups in total. The summed E-state index contributed by atoms with van der Waals surface area (Å²) < 4.78 is 31.8. The zero-order valence-corrected chi connectivity index (χ0v) is 13.9. The van der Waals surface area contributed by atoms with E-state index in [1.54, 1.807) is 16.9 Å². The fourth-order valence-electron chi connectivity index (χ4n) is 2.52. The van der Waals surface area contributed by atoms with Gasteiger partial charge in [0, 0.05) is 26.4 Å². The number of ether oxygens (including phenoxy) is 1. The number of halogens is 3. The highest BCUT2D eigenvalue weighted by molar-refractivity contribution is 5.92. The molecule has 2 rings (SSSR count). The maximum atomic E-state index is 12.6. The molecule has 2 heterocycles. The maximum Gasteiger partial charge on any atom is 0.274 e. The predicted octanol–water partition coefficient (Wildman–Crippen LogP) is 1.58. The number of carbonyl (C=O) groups is 1. The van der Waals surface area contributed by atoms with Crippen LogP contribution in [0.2, 0.25) is 0 Å². The number of aromatic nitrogens is 2. The Kier molecular flexibility index (Phi) is 8.43. The van der Waals surface area contributed by atoms with Crippen molar-refractivity contribution < 1.29 is 18.3 Å². The number of carbonyl (C=O) groups excluding carboxylic acids is 1. The summed E-state index contributed by atoms with van der Waals surface area (Å²) in [7, 11) is 1.47. The summed E-state index contributed by atoms with van der Waals surface area (Å²) in [4.78, 5) is 13.4. The van der Waals surface area contributed by atoms with Crippen LogP contribution in [0.25, 0.3) is 0 Å². The van der Waals surface area contributed by atoms with Gasteiger partial charge in [-0.3, -0.25) is 9.48 Å². The lowest BCUT2D eigenvalue weighted by Gasteiger charge is -2.23. The molecule has 0 saturated carbocycles. The number of alkyl halides is 2. The van der Waals surface area contributed by atoms with Crippen molar-refractivity contribution in [2.24, 2.45) is 0 Å². The summed E-state index contributed by atoms with van der Waals surface area (Å²) in [6, 6.07) is 1.79. The van der Waals surface area contributed by atoms with E-state index < -0.39 is 18.9 Å². The maximum absolute atomic E-state index is 12.6. The van der Waals surface area contributed by atoms with Crippen molar-refractivity contribution in [2.45, 2.75) is 25.3 Å². The number of rotatable bonds is 7. The van der Waals surface area contributed by atoms with E-state index in [-0.39, 0.29) is 37.3 Å². The highest BCUT2D eigenvalue weighted by atomic mass is 35.5. The number of amides is 1. The Hall–Kier alpha value is -1.25. The van der Waals surface area contributed by atoms with Crippen molar-refractivity contribution in [1.82, 2.24) is 20.0 Å². The third kappa shape index (κ3) is 5.71. The van der Waals surface area contributed by atoms with Gasteiger partial charge in [-0.1, -0.05) is 0 Å². The Bertz CT molecular complexity index is 481. The van der Waals surface area contributed by atoms with Crippen LogP contribution in [0.15, 0.2) is 12.3 Å². The van der Waals surface area contributed by atoms with Gasteiger partial charge in [0.25, 0.3) is 12.3 Å². The highest BCUT2D eigenvalue weighted by Gasteiger charge is 2.23. The van der Waals surface area contributed by atoms with Gasteiger partial charge in [-0.05, 0) is 25.5 Å². The van der Waals surface area contributed by atoms with Gasteiger partial charge >= 0.3 is 0 Å². The second-order valence-electron chi connectivity index (χ2n) is 5.32. The van der Waals surface area contributed by atoms with Gasteiger partial charge in [0.2, 0.25) is 0 Å². The number of piperidine rings is 1. The zero-order valence-electron chi connectivity index (χ0n) is 13.1. The largest absolute Gasteiger partial charge is 0.383 e. The minimum absolute atomic E-state index is 0. The third-order valence-electron chi connectivity index (χ3n) is 3.68. The summed E-state index contributed by atoms with van der Waals surface area (Å²) in [6.45, 7) is 1.52.